The molecule has 0 N–H and O–H groups in total. The first kappa shape index (κ1) is 9.85. The van der Waals surface area contributed by atoms with Crippen LogP contribution in [-0.4, -0.2) is 13.1 Å². The van der Waals surface area contributed by atoms with Crippen molar-refractivity contribution in [1.82, 2.24) is 0 Å². The molecule has 0 spiro atoms. The third-order valence-electron chi connectivity index (χ3n) is 2.71. The van der Waals surface area contributed by atoms with E-state index in [1.807, 2.05) is 12.1 Å². The summed E-state index contributed by atoms with van der Waals surface area (Å²) in [4.78, 5) is 2.41. The summed E-state index contributed by atoms with van der Waals surface area (Å²) < 4.78 is 0. The molecule has 1 fully saturated rings. The van der Waals surface area contributed by atoms with Crippen LogP contribution < -0.4 is 4.90 Å². The molecule has 0 aromatic heterocycles. The Bertz CT molecular complexity index is 273. The van der Waals surface area contributed by atoms with Crippen molar-refractivity contribution in [1.29, 1.82) is 0 Å². The van der Waals surface area contributed by atoms with Crippen LogP contribution in [0.25, 0.3) is 0 Å². The van der Waals surface area contributed by atoms with E-state index in [0.29, 0.717) is 0 Å². The van der Waals surface area contributed by atoms with Gasteiger partial charge in [-0.15, -0.1) is 0 Å². The Balaban J connectivity index is 2.08. The van der Waals surface area contributed by atoms with Crippen molar-refractivity contribution in [3.63, 3.8) is 0 Å². The summed E-state index contributed by atoms with van der Waals surface area (Å²) in [5.41, 5.74) is 1.19. The van der Waals surface area contributed by atoms with E-state index >= 15 is 0 Å². The Labute approximate surface area is 90.7 Å². The molecule has 1 saturated heterocycles. The zero-order chi connectivity index (χ0) is 9.80. The number of nitrogens with zero attached hydrogens (tertiary/aromatic N) is 1. The zero-order valence-corrected chi connectivity index (χ0v) is 9.06. The summed E-state index contributed by atoms with van der Waals surface area (Å²) in [5.74, 6) is 0. The summed E-state index contributed by atoms with van der Waals surface area (Å²) >= 11 is 5.83. The van der Waals surface area contributed by atoms with Gasteiger partial charge in [0.05, 0.1) is 0 Å². The zero-order valence-electron chi connectivity index (χ0n) is 8.30. The third-order valence-corrected chi connectivity index (χ3v) is 2.94. The second kappa shape index (κ2) is 4.70. The van der Waals surface area contributed by atoms with Crippen LogP contribution in [0.3, 0.4) is 0 Å². The monoisotopic (exact) mass is 208 g/mol. The summed E-state index contributed by atoms with van der Waals surface area (Å²) in [6, 6.07) is 9.08. The van der Waals surface area contributed by atoms with E-state index in [0.717, 1.165) is 18.1 Å². The average Bonchev–Trinajstić information content (AvgIpc) is 2.47. The second-order valence-electron chi connectivity index (χ2n) is 3.79. The van der Waals surface area contributed by atoms with Gasteiger partial charge in [-0.25, -0.2) is 0 Å². The molecule has 14 heavy (non-hydrogen) atoms. The van der Waals surface area contributed by atoms with Gasteiger partial charge in [-0.1, -0.05) is 24.4 Å². The van der Waals surface area contributed by atoms with E-state index in [-0.39, 0.29) is 0 Å². The minimum absolute atomic E-state index is 0.767. The average molecular weight is 209 g/mol. The molecule has 0 saturated carbocycles. The van der Waals surface area contributed by atoms with Crippen molar-refractivity contribution >= 4 is 17.3 Å². The molecule has 0 bridgehead atoms. The van der Waals surface area contributed by atoms with Crippen molar-refractivity contribution in [2.24, 2.45) is 0 Å². The van der Waals surface area contributed by atoms with Crippen molar-refractivity contribution in [3.8, 4) is 0 Å². The molecule has 2 heteroatoms. The van der Waals surface area contributed by atoms with Gasteiger partial charge in [0, 0.05) is 29.9 Å². The second-order valence-corrected chi connectivity index (χ2v) is 4.23. The summed E-state index contributed by atoms with van der Waals surface area (Å²) in [6.07, 6.45) is 5.33. The fourth-order valence-electron chi connectivity index (χ4n) is 1.91. The van der Waals surface area contributed by atoms with Gasteiger partial charge < -0.3 is 4.90 Å². The molecule has 1 aliphatic rings. The Morgan fingerprint density at radius 3 is 2.36 bits per heavy atom. The molecule has 1 aromatic rings. The van der Waals surface area contributed by atoms with Gasteiger partial charge >= 0.3 is 0 Å². The lowest BCUT2D eigenvalue weighted by Gasteiger charge is -2.22. The minimum atomic E-state index is 0.767. The molecular formula is C12H15ClN. The standard InChI is InChI=1S/C12H15ClN/c13-11-5-7-12(8-6-11)14-9-3-1-2-4-10-14/h5-7H,1-4,9-10H2. The number of hydrogen-bond donors (Lipinski definition) is 0. The van der Waals surface area contributed by atoms with Crippen LogP contribution in [0.2, 0.25) is 5.02 Å². The maximum atomic E-state index is 5.83. The number of benzene rings is 1. The fourth-order valence-corrected chi connectivity index (χ4v) is 2.02. The SMILES string of the molecule is Clc1c[c]c(N2CCCCCC2)cc1. The highest BCUT2D eigenvalue weighted by molar-refractivity contribution is 6.30. The van der Waals surface area contributed by atoms with Crippen molar-refractivity contribution in [2.45, 2.75) is 25.7 Å². The van der Waals surface area contributed by atoms with Crippen molar-refractivity contribution in [3.05, 3.63) is 29.3 Å². The maximum Gasteiger partial charge on any atom is 0.0447 e. The number of halogens is 1. The lowest BCUT2D eigenvalue weighted by atomic mass is 10.2. The lowest BCUT2D eigenvalue weighted by molar-refractivity contribution is 0.726. The van der Waals surface area contributed by atoms with E-state index in [2.05, 4.69) is 17.0 Å². The predicted molar refractivity (Wildman–Crippen MR) is 61.0 cm³/mol. The Morgan fingerprint density at radius 2 is 1.79 bits per heavy atom. The summed E-state index contributed by atoms with van der Waals surface area (Å²) in [5, 5.41) is 0.767. The van der Waals surface area contributed by atoms with Crippen LogP contribution in [0, 0.1) is 6.07 Å². The van der Waals surface area contributed by atoms with Gasteiger partial charge in [0.2, 0.25) is 0 Å². The lowest BCUT2D eigenvalue weighted by Crippen LogP contribution is -2.23. The fraction of sp³-hybridized carbons (Fsp3) is 0.500. The molecule has 0 amide bonds. The molecule has 1 nitrogen and oxygen atoms in total. The van der Waals surface area contributed by atoms with Crippen LogP contribution in [0.15, 0.2) is 18.2 Å². The molecule has 1 radical (unpaired) electrons. The molecule has 0 aliphatic carbocycles. The first-order chi connectivity index (χ1) is 6.86. The van der Waals surface area contributed by atoms with Crippen LogP contribution in [0.5, 0.6) is 0 Å². The van der Waals surface area contributed by atoms with Gasteiger partial charge in [-0.05, 0) is 31.0 Å². The van der Waals surface area contributed by atoms with E-state index in [9.17, 15) is 0 Å². The molecular weight excluding hydrogens is 194 g/mol. The van der Waals surface area contributed by atoms with Gasteiger partial charge in [0.15, 0.2) is 0 Å². The van der Waals surface area contributed by atoms with Gasteiger partial charge in [0.1, 0.15) is 0 Å². The molecule has 2 rings (SSSR count). The minimum Gasteiger partial charge on any atom is -0.371 e. The van der Waals surface area contributed by atoms with E-state index in [1.54, 1.807) is 0 Å². The molecule has 75 valence electrons. The van der Waals surface area contributed by atoms with Crippen LogP contribution in [0.4, 0.5) is 5.69 Å². The first-order valence-corrected chi connectivity index (χ1v) is 5.66. The highest BCUT2D eigenvalue weighted by Gasteiger charge is 2.09. The summed E-state index contributed by atoms with van der Waals surface area (Å²) in [6.45, 7) is 2.33. The van der Waals surface area contributed by atoms with Crippen molar-refractivity contribution in [2.75, 3.05) is 18.0 Å². The molecule has 1 aliphatic heterocycles. The Hall–Kier alpha value is -0.690. The normalized spacial score (nSPS) is 17.9. The molecule has 1 aromatic carbocycles. The van der Waals surface area contributed by atoms with Crippen LogP contribution >= 0.6 is 11.6 Å². The highest BCUT2D eigenvalue weighted by atomic mass is 35.5. The largest absolute Gasteiger partial charge is 0.371 e. The topological polar surface area (TPSA) is 3.24 Å². The predicted octanol–water partition coefficient (Wildman–Crippen LogP) is 3.52. The Morgan fingerprint density at radius 1 is 1.07 bits per heavy atom. The Kier molecular flexibility index (Phi) is 3.30. The van der Waals surface area contributed by atoms with Crippen LogP contribution in [0.1, 0.15) is 25.7 Å². The quantitative estimate of drug-likeness (QED) is 0.683. The van der Waals surface area contributed by atoms with E-state index < -0.39 is 0 Å². The number of rotatable bonds is 1. The highest BCUT2D eigenvalue weighted by Crippen LogP contribution is 2.20. The summed E-state index contributed by atoms with van der Waals surface area (Å²) in [7, 11) is 0. The van der Waals surface area contributed by atoms with Crippen molar-refractivity contribution < 1.29 is 0 Å². The van der Waals surface area contributed by atoms with E-state index in [4.69, 9.17) is 11.6 Å². The van der Waals surface area contributed by atoms with Gasteiger partial charge in [-0.2, -0.15) is 0 Å². The molecule has 0 unspecified atom stereocenters. The van der Waals surface area contributed by atoms with Crippen LogP contribution in [-0.2, 0) is 0 Å². The van der Waals surface area contributed by atoms with E-state index in [1.165, 1.54) is 31.4 Å². The number of anilines is 1. The maximum absolute atomic E-state index is 5.83. The first-order valence-electron chi connectivity index (χ1n) is 5.28. The molecule has 0 atom stereocenters. The molecule has 1 heterocycles. The van der Waals surface area contributed by atoms with Gasteiger partial charge in [-0.3, -0.25) is 0 Å². The third kappa shape index (κ3) is 2.42. The van der Waals surface area contributed by atoms with Gasteiger partial charge in [0.25, 0.3) is 0 Å². The number of hydrogen-bond acceptors (Lipinski definition) is 1. The smallest absolute Gasteiger partial charge is 0.0447 e.